The molecule has 4 N–H and O–H groups in total. The first-order valence-electron chi connectivity index (χ1n) is 5.33. The minimum atomic E-state index is -0.567. The number of methoxy groups -OCH3 is 1. The molecule has 6 nitrogen and oxygen atoms in total. The molecular weight excluding hydrogens is 236 g/mol. The van der Waals surface area contributed by atoms with Crippen molar-refractivity contribution in [1.29, 1.82) is 0 Å². The monoisotopic (exact) mass is 253 g/mol. The van der Waals surface area contributed by atoms with Crippen molar-refractivity contribution in [1.82, 2.24) is 5.59 Å². The lowest BCUT2D eigenvalue weighted by Crippen LogP contribution is -2.65. The standard InChI is InChI=1S/C12H16N2O4/c1-3-4-9-5-6-10(11(7-9)16-2)17-8-12(15)18-14-13/h3,5-7,14H,1,4,8,13H2,2H3/p+1. The molecule has 0 radical (unpaired) electrons. The van der Waals surface area contributed by atoms with Gasteiger partial charge in [0.15, 0.2) is 18.1 Å². The minimum absolute atomic E-state index is 0.223. The van der Waals surface area contributed by atoms with Gasteiger partial charge in [0.2, 0.25) is 0 Å². The Bertz CT molecular complexity index is 421. The van der Waals surface area contributed by atoms with Gasteiger partial charge >= 0.3 is 5.97 Å². The lowest BCUT2D eigenvalue weighted by atomic mass is 10.1. The molecule has 0 aromatic heterocycles. The normalized spacial score (nSPS) is 9.67. The molecule has 0 saturated heterocycles. The molecule has 6 heteroatoms. The van der Waals surface area contributed by atoms with E-state index in [1.807, 2.05) is 17.7 Å². The van der Waals surface area contributed by atoms with E-state index in [1.165, 1.54) is 7.11 Å². The lowest BCUT2D eigenvalue weighted by molar-refractivity contribution is -0.512. The smallest absolute Gasteiger partial charge is 0.367 e. The van der Waals surface area contributed by atoms with Crippen LogP contribution in [0, 0.1) is 0 Å². The molecule has 0 fully saturated rings. The number of carbonyl (C=O) groups is 1. The summed E-state index contributed by atoms with van der Waals surface area (Å²) >= 11 is 0. The number of ether oxygens (including phenoxy) is 2. The molecule has 0 bridgehead atoms. The molecule has 0 unspecified atom stereocenters. The van der Waals surface area contributed by atoms with Crippen LogP contribution >= 0.6 is 0 Å². The molecule has 0 aliphatic heterocycles. The van der Waals surface area contributed by atoms with Gasteiger partial charge in [-0.1, -0.05) is 12.1 Å². The van der Waals surface area contributed by atoms with Crippen LogP contribution in [-0.2, 0) is 16.1 Å². The Labute approximate surface area is 105 Å². The van der Waals surface area contributed by atoms with E-state index < -0.39 is 5.97 Å². The average molecular weight is 253 g/mol. The van der Waals surface area contributed by atoms with Crippen molar-refractivity contribution in [2.45, 2.75) is 6.42 Å². The number of rotatable bonds is 7. The summed E-state index contributed by atoms with van der Waals surface area (Å²) in [5.74, 6) is 3.63. The van der Waals surface area contributed by atoms with Crippen molar-refractivity contribution in [3.63, 3.8) is 0 Å². The summed E-state index contributed by atoms with van der Waals surface area (Å²) in [6.07, 6.45) is 2.54. The molecule has 0 spiro atoms. The Morgan fingerprint density at radius 3 is 2.89 bits per heavy atom. The Balaban J connectivity index is 2.70. The second kappa shape index (κ2) is 7.31. The second-order valence-corrected chi connectivity index (χ2v) is 3.39. The van der Waals surface area contributed by atoms with Crippen LogP contribution < -0.4 is 20.9 Å². The van der Waals surface area contributed by atoms with E-state index in [9.17, 15) is 4.79 Å². The highest BCUT2D eigenvalue weighted by Crippen LogP contribution is 2.28. The molecule has 98 valence electrons. The Morgan fingerprint density at radius 1 is 1.50 bits per heavy atom. The molecule has 1 rings (SSSR count). The van der Waals surface area contributed by atoms with Crippen molar-refractivity contribution in [3.8, 4) is 11.5 Å². The van der Waals surface area contributed by atoms with E-state index in [-0.39, 0.29) is 6.61 Å². The summed E-state index contributed by atoms with van der Waals surface area (Å²) in [6.45, 7) is 3.45. The van der Waals surface area contributed by atoms with E-state index in [0.717, 1.165) is 12.0 Å². The Morgan fingerprint density at radius 2 is 2.28 bits per heavy atom. The van der Waals surface area contributed by atoms with Gasteiger partial charge in [-0.05, 0) is 24.1 Å². The summed E-state index contributed by atoms with van der Waals surface area (Å²) in [7, 11) is 1.54. The molecule has 0 saturated carbocycles. The van der Waals surface area contributed by atoms with Crippen LogP contribution in [0.3, 0.4) is 0 Å². The predicted octanol–water partition coefficient (Wildman–Crippen LogP) is 0.00720. The van der Waals surface area contributed by atoms with E-state index in [2.05, 4.69) is 17.3 Å². The first-order valence-corrected chi connectivity index (χ1v) is 5.33. The van der Waals surface area contributed by atoms with E-state index in [4.69, 9.17) is 9.47 Å². The maximum Gasteiger partial charge on any atom is 0.367 e. The first-order chi connectivity index (χ1) is 8.71. The van der Waals surface area contributed by atoms with Gasteiger partial charge in [0.25, 0.3) is 0 Å². The zero-order valence-electron chi connectivity index (χ0n) is 10.3. The molecule has 0 amide bonds. The second-order valence-electron chi connectivity index (χ2n) is 3.39. The summed E-state index contributed by atoms with van der Waals surface area (Å²) in [5, 5.41) is 0. The van der Waals surface area contributed by atoms with Gasteiger partial charge in [-0.15, -0.1) is 6.58 Å². The van der Waals surface area contributed by atoms with Gasteiger partial charge in [-0.25, -0.2) is 10.6 Å². The van der Waals surface area contributed by atoms with Gasteiger partial charge in [0.05, 0.1) is 7.11 Å². The highest BCUT2D eigenvalue weighted by atomic mass is 16.7. The molecular formula is C12H17N2O4+. The summed E-state index contributed by atoms with van der Waals surface area (Å²) in [4.78, 5) is 15.5. The highest BCUT2D eigenvalue weighted by Gasteiger charge is 2.09. The van der Waals surface area contributed by atoms with Crippen molar-refractivity contribution in [2.24, 2.45) is 0 Å². The number of hydrogen-bond donors (Lipinski definition) is 2. The number of quaternary nitrogens is 1. The van der Waals surface area contributed by atoms with Gasteiger partial charge in [0.1, 0.15) is 0 Å². The topological polar surface area (TPSA) is 84.4 Å². The van der Waals surface area contributed by atoms with Crippen LogP contribution in [0.2, 0.25) is 0 Å². The number of allylic oxidation sites excluding steroid dienone is 1. The van der Waals surface area contributed by atoms with Crippen LogP contribution in [0.4, 0.5) is 0 Å². The minimum Gasteiger partial charge on any atom is -0.493 e. The largest absolute Gasteiger partial charge is 0.493 e. The molecule has 0 aliphatic carbocycles. The summed E-state index contributed by atoms with van der Waals surface area (Å²) in [5.41, 5.74) is 3.09. The fourth-order valence-electron chi connectivity index (χ4n) is 1.37. The van der Waals surface area contributed by atoms with Crippen LogP contribution in [0.15, 0.2) is 30.9 Å². The van der Waals surface area contributed by atoms with Gasteiger partial charge < -0.3 is 14.3 Å². The number of nitrogens with one attached hydrogen (secondary N) is 1. The van der Waals surface area contributed by atoms with Crippen LogP contribution in [-0.4, -0.2) is 19.7 Å². The van der Waals surface area contributed by atoms with Crippen LogP contribution in [0.25, 0.3) is 0 Å². The van der Waals surface area contributed by atoms with Crippen molar-refractivity contribution in [3.05, 3.63) is 36.4 Å². The van der Waals surface area contributed by atoms with E-state index in [0.29, 0.717) is 11.5 Å². The fraction of sp³-hybridized carbons (Fsp3) is 0.250. The van der Waals surface area contributed by atoms with Gasteiger partial charge in [-0.3, -0.25) is 0 Å². The van der Waals surface area contributed by atoms with Gasteiger partial charge in [-0.2, -0.15) is 0 Å². The first kappa shape index (κ1) is 14.0. The maximum atomic E-state index is 11.1. The SMILES string of the molecule is C=CCc1ccc(OCC(=O)ON[NH3+])c(OC)c1. The molecule has 1 aromatic carbocycles. The number of hydrogen-bond acceptors (Lipinski definition) is 5. The molecule has 0 atom stereocenters. The van der Waals surface area contributed by atoms with Crippen molar-refractivity contribution >= 4 is 5.97 Å². The molecule has 0 aliphatic rings. The van der Waals surface area contributed by atoms with Crippen molar-refractivity contribution in [2.75, 3.05) is 13.7 Å². The fourth-order valence-corrected chi connectivity index (χ4v) is 1.37. The number of benzene rings is 1. The zero-order chi connectivity index (χ0) is 13.4. The van der Waals surface area contributed by atoms with Crippen LogP contribution in [0.5, 0.6) is 11.5 Å². The molecule has 18 heavy (non-hydrogen) atoms. The van der Waals surface area contributed by atoms with Gasteiger partial charge in [0, 0.05) is 5.59 Å². The molecule has 0 heterocycles. The summed E-state index contributed by atoms with van der Waals surface area (Å²) in [6, 6.07) is 5.45. The average Bonchev–Trinajstić information content (AvgIpc) is 2.37. The van der Waals surface area contributed by atoms with E-state index >= 15 is 0 Å². The Kier molecular flexibility index (Phi) is 5.69. The summed E-state index contributed by atoms with van der Waals surface area (Å²) < 4.78 is 10.5. The Hall–Kier alpha value is -2.05. The van der Waals surface area contributed by atoms with E-state index in [1.54, 1.807) is 12.1 Å². The highest BCUT2D eigenvalue weighted by molar-refractivity contribution is 5.70. The number of carbonyl (C=O) groups excluding carboxylic acids is 1. The third-order valence-electron chi connectivity index (χ3n) is 2.14. The third-order valence-corrected chi connectivity index (χ3v) is 2.14. The lowest BCUT2D eigenvalue weighted by Gasteiger charge is -2.10. The predicted molar refractivity (Wildman–Crippen MR) is 64.5 cm³/mol. The third kappa shape index (κ3) is 4.08. The maximum absolute atomic E-state index is 11.1. The quantitative estimate of drug-likeness (QED) is 0.528. The van der Waals surface area contributed by atoms with Crippen molar-refractivity contribution < 1.29 is 24.9 Å². The molecule has 1 aromatic rings. The van der Waals surface area contributed by atoms with Crippen LogP contribution in [0.1, 0.15) is 5.56 Å². The zero-order valence-corrected chi connectivity index (χ0v) is 10.3.